The van der Waals surface area contributed by atoms with Crippen molar-refractivity contribution in [2.24, 2.45) is 5.73 Å². The van der Waals surface area contributed by atoms with Crippen LogP contribution in [-0.2, 0) is 6.42 Å². The molecule has 0 heterocycles. The minimum absolute atomic E-state index is 0.0328. The molecule has 0 saturated heterocycles. The number of para-hydroxylation sites is 1. The molecule has 13 heavy (non-hydrogen) atoms. The smallest absolute Gasteiger partial charge is 0.291 e. The summed E-state index contributed by atoms with van der Waals surface area (Å²) in [5.41, 5.74) is 5.86. The Morgan fingerprint density at radius 1 is 1.54 bits per heavy atom. The highest BCUT2D eigenvalue weighted by molar-refractivity contribution is 6.32. The summed E-state index contributed by atoms with van der Waals surface area (Å²) in [5.74, 6) is 0. The van der Waals surface area contributed by atoms with E-state index in [-0.39, 0.29) is 10.7 Å². The molecule has 1 aromatic carbocycles. The fourth-order valence-electron chi connectivity index (χ4n) is 1.12. The van der Waals surface area contributed by atoms with Gasteiger partial charge in [0.2, 0.25) is 0 Å². The van der Waals surface area contributed by atoms with E-state index in [2.05, 4.69) is 0 Å². The molecule has 0 bridgehead atoms. The second kappa shape index (κ2) is 4.20. The summed E-state index contributed by atoms with van der Waals surface area (Å²) >= 11 is 5.68. The van der Waals surface area contributed by atoms with Gasteiger partial charge < -0.3 is 5.73 Å². The zero-order chi connectivity index (χ0) is 9.84. The quantitative estimate of drug-likeness (QED) is 0.597. The fraction of sp³-hybridized carbons (Fsp3) is 0.250. The number of nitro groups is 1. The van der Waals surface area contributed by atoms with Gasteiger partial charge in [-0.1, -0.05) is 23.7 Å². The molecule has 0 radical (unpaired) electrons. The molecule has 0 aliphatic carbocycles. The van der Waals surface area contributed by atoms with Gasteiger partial charge in [0, 0.05) is 5.56 Å². The molecule has 0 spiro atoms. The maximum atomic E-state index is 10.6. The topological polar surface area (TPSA) is 69.2 Å². The second-order valence-electron chi connectivity index (χ2n) is 2.54. The van der Waals surface area contributed by atoms with Crippen molar-refractivity contribution in [3.8, 4) is 0 Å². The first-order chi connectivity index (χ1) is 6.16. The molecule has 0 unspecified atom stereocenters. The highest BCUT2D eigenvalue weighted by atomic mass is 35.5. The Kier molecular flexibility index (Phi) is 3.22. The first kappa shape index (κ1) is 9.95. The molecule has 0 fully saturated rings. The van der Waals surface area contributed by atoms with Crippen molar-refractivity contribution in [3.05, 3.63) is 38.9 Å². The van der Waals surface area contributed by atoms with Gasteiger partial charge in [-0.15, -0.1) is 0 Å². The van der Waals surface area contributed by atoms with Crippen LogP contribution in [0.2, 0.25) is 5.02 Å². The van der Waals surface area contributed by atoms with Crippen LogP contribution >= 0.6 is 11.6 Å². The van der Waals surface area contributed by atoms with Gasteiger partial charge in [0.25, 0.3) is 5.69 Å². The molecule has 1 aromatic rings. The molecule has 4 nitrogen and oxygen atoms in total. The van der Waals surface area contributed by atoms with E-state index < -0.39 is 4.92 Å². The van der Waals surface area contributed by atoms with Crippen molar-refractivity contribution in [1.82, 2.24) is 0 Å². The first-order valence-electron chi connectivity index (χ1n) is 3.78. The monoisotopic (exact) mass is 200 g/mol. The average Bonchev–Trinajstić information content (AvgIpc) is 2.04. The molecule has 70 valence electrons. The minimum atomic E-state index is -0.479. The summed E-state index contributed by atoms with van der Waals surface area (Å²) in [4.78, 5) is 10.1. The van der Waals surface area contributed by atoms with Gasteiger partial charge in [-0.05, 0) is 19.0 Å². The first-order valence-corrected chi connectivity index (χ1v) is 4.16. The van der Waals surface area contributed by atoms with Crippen LogP contribution in [0.4, 0.5) is 5.69 Å². The van der Waals surface area contributed by atoms with Crippen molar-refractivity contribution in [2.75, 3.05) is 6.54 Å². The van der Waals surface area contributed by atoms with Crippen LogP contribution in [-0.4, -0.2) is 11.5 Å². The number of benzene rings is 1. The lowest BCUT2D eigenvalue weighted by Gasteiger charge is -2.01. The van der Waals surface area contributed by atoms with Crippen LogP contribution in [0.5, 0.6) is 0 Å². The lowest BCUT2D eigenvalue weighted by Crippen LogP contribution is -2.05. The average molecular weight is 201 g/mol. The van der Waals surface area contributed by atoms with E-state index in [0.717, 1.165) is 0 Å². The maximum absolute atomic E-state index is 10.6. The normalized spacial score (nSPS) is 10.0. The summed E-state index contributed by atoms with van der Waals surface area (Å²) < 4.78 is 0. The van der Waals surface area contributed by atoms with E-state index in [0.29, 0.717) is 18.5 Å². The highest BCUT2D eigenvalue weighted by Crippen LogP contribution is 2.28. The van der Waals surface area contributed by atoms with Crippen molar-refractivity contribution in [1.29, 1.82) is 0 Å². The predicted molar refractivity (Wildman–Crippen MR) is 50.9 cm³/mol. The van der Waals surface area contributed by atoms with Crippen LogP contribution in [0.25, 0.3) is 0 Å². The number of halogens is 1. The van der Waals surface area contributed by atoms with E-state index in [1.54, 1.807) is 12.1 Å². The van der Waals surface area contributed by atoms with Crippen LogP contribution in [0.3, 0.4) is 0 Å². The Morgan fingerprint density at radius 3 is 2.77 bits per heavy atom. The molecule has 0 aliphatic heterocycles. The molecule has 5 heteroatoms. The third-order valence-corrected chi connectivity index (χ3v) is 1.97. The molecular weight excluding hydrogens is 192 g/mol. The molecule has 0 atom stereocenters. The summed E-state index contributed by atoms with van der Waals surface area (Å²) in [5, 5.41) is 10.8. The molecule has 0 saturated carbocycles. The second-order valence-corrected chi connectivity index (χ2v) is 2.95. The summed E-state index contributed by atoms with van der Waals surface area (Å²) in [6, 6.07) is 4.84. The zero-order valence-corrected chi connectivity index (χ0v) is 7.62. The number of nitro benzene ring substituents is 1. The van der Waals surface area contributed by atoms with Crippen LogP contribution in [0.15, 0.2) is 18.2 Å². The van der Waals surface area contributed by atoms with Crippen LogP contribution in [0.1, 0.15) is 5.56 Å². The van der Waals surface area contributed by atoms with Crippen molar-refractivity contribution in [2.45, 2.75) is 6.42 Å². The van der Waals surface area contributed by atoms with E-state index in [1.165, 1.54) is 6.07 Å². The largest absolute Gasteiger partial charge is 0.330 e. The predicted octanol–water partition coefficient (Wildman–Crippen LogP) is 1.75. The SMILES string of the molecule is NCCc1cccc(Cl)c1[N+](=O)[O-]. The van der Waals surface area contributed by atoms with Crippen molar-refractivity contribution < 1.29 is 4.92 Å². The van der Waals surface area contributed by atoms with E-state index >= 15 is 0 Å². The number of nitrogens with two attached hydrogens (primary N) is 1. The number of hydrogen-bond acceptors (Lipinski definition) is 3. The minimum Gasteiger partial charge on any atom is -0.330 e. The summed E-state index contributed by atoms with van der Waals surface area (Å²) in [7, 11) is 0. The molecule has 2 N–H and O–H groups in total. The van der Waals surface area contributed by atoms with Gasteiger partial charge >= 0.3 is 0 Å². The Hall–Kier alpha value is -1.13. The lowest BCUT2D eigenvalue weighted by atomic mass is 10.1. The van der Waals surface area contributed by atoms with Crippen LogP contribution in [0, 0.1) is 10.1 Å². The Balaban J connectivity index is 3.17. The van der Waals surface area contributed by atoms with Crippen molar-refractivity contribution in [3.63, 3.8) is 0 Å². The van der Waals surface area contributed by atoms with Gasteiger partial charge in [0.15, 0.2) is 0 Å². The third kappa shape index (κ3) is 2.17. The van der Waals surface area contributed by atoms with Gasteiger partial charge in [0.1, 0.15) is 5.02 Å². The molecule has 0 aliphatic rings. The molecule has 0 amide bonds. The Morgan fingerprint density at radius 2 is 2.23 bits per heavy atom. The fourth-order valence-corrected chi connectivity index (χ4v) is 1.38. The Bertz CT molecular complexity index is 328. The van der Waals surface area contributed by atoms with Crippen LogP contribution < -0.4 is 5.73 Å². The van der Waals surface area contributed by atoms with E-state index in [4.69, 9.17) is 17.3 Å². The zero-order valence-electron chi connectivity index (χ0n) is 6.87. The number of hydrogen-bond donors (Lipinski definition) is 1. The molecular formula is C8H9ClN2O2. The maximum Gasteiger partial charge on any atom is 0.291 e. The standard InChI is InChI=1S/C8H9ClN2O2/c9-7-3-1-2-6(4-5-10)8(7)11(12)13/h1-3H,4-5,10H2. The van der Waals surface area contributed by atoms with Crippen molar-refractivity contribution >= 4 is 17.3 Å². The summed E-state index contributed by atoms with van der Waals surface area (Å²) in [6.45, 7) is 0.376. The van der Waals surface area contributed by atoms with Gasteiger partial charge in [-0.3, -0.25) is 10.1 Å². The summed E-state index contributed by atoms with van der Waals surface area (Å²) in [6.07, 6.45) is 0.469. The molecule has 1 rings (SSSR count). The number of nitrogens with zero attached hydrogens (tertiary/aromatic N) is 1. The lowest BCUT2D eigenvalue weighted by molar-refractivity contribution is -0.385. The third-order valence-electron chi connectivity index (χ3n) is 1.67. The number of rotatable bonds is 3. The van der Waals surface area contributed by atoms with E-state index in [9.17, 15) is 10.1 Å². The van der Waals surface area contributed by atoms with Gasteiger partial charge in [-0.25, -0.2) is 0 Å². The Labute approximate surface area is 80.5 Å². The molecule has 0 aromatic heterocycles. The van der Waals surface area contributed by atoms with Gasteiger partial charge in [0.05, 0.1) is 4.92 Å². The van der Waals surface area contributed by atoms with Gasteiger partial charge in [-0.2, -0.15) is 0 Å². The highest BCUT2D eigenvalue weighted by Gasteiger charge is 2.16. The van der Waals surface area contributed by atoms with E-state index in [1.807, 2.05) is 0 Å².